The van der Waals surface area contributed by atoms with Gasteiger partial charge in [-0.1, -0.05) is 30.3 Å². The predicted octanol–water partition coefficient (Wildman–Crippen LogP) is 4.02. The Kier molecular flexibility index (Phi) is 6.93. The average Bonchev–Trinajstić information content (AvgIpc) is 3.15. The number of nitrogens with zero attached hydrogens (tertiary/aromatic N) is 1. The lowest BCUT2D eigenvalue weighted by Gasteiger charge is -2.13. The molecule has 0 saturated carbocycles. The second-order valence-corrected chi connectivity index (χ2v) is 10.1. The first-order chi connectivity index (χ1) is 16.7. The van der Waals surface area contributed by atoms with Crippen molar-refractivity contribution in [2.75, 3.05) is 0 Å². The van der Waals surface area contributed by atoms with Gasteiger partial charge in [0, 0.05) is 35.4 Å². The molecule has 0 spiro atoms. The summed E-state index contributed by atoms with van der Waals surface area (Å²) >= 11 is 0. The number of pyridine rings is 1. The van der Waals surface area contributed by atoms with Gasteiger partial charge in [-0.25, -0.2) is 8.42 Å². The van der Waals surface area contributed by atoms with Crippen LogP contribution in [0.5, 0.6) is 0 Å². The molecule has 0 aliphatic heterocycles. The molecule has 2 N–H and O–H groups in total. The van der Waals surface area contributed by atoms with Crippen molar-refractivity contribution in [3.63, 3.8) is 0 Å². The number of fused-ring (bicyclic) bond motifs is 1. The van der Waals surface area contributed by atoms with E-state index in [4.69, 9.17) is 0 Å². The van der Waals surface area contributed by atoms with Gasteiger partial charge in [0.05, 0.1) is 16.0 Å². The number of aromatic amines is 1. The number of aromatic nitrogens is 2. The molecular weight excluding hydrogens is 462 g/mol. The number of hydrogen-bond acceptors (Lipinski definition) is 4. The SMILES string of the molecule is Cc1cc(Cc2ccccc2)c(CNC(=O)c2cc([SH](=O)=O)cc3c2c(C)cn3C(C)C)c(=O)[nH]1. The van der Waals surface area contributed by atoms with Gasteiger partial charge >= 0.3 is 0 Å². The summed E-state index contributed by atoms with van der Waals surface area (Å²) in [7, 11) is -2.88. The smallest absolute Gasteiger partial charge is 0.253 e. The van der Waals surface area contributed by atoms with Crippen LogP contribution in [0.1, 0.15) is 58.2 Å². The molecule has 8 heteroatoms. The lowest BCUT2D eigenvalue weighted by Crippen LogP contribution is -2.28. The van der Waals surface area contributed by atoms with Crippen molar-refractivity contribution < 1.29 is 13.2 Å². The van der Waals surface area contributed by atoms with E-state index in [1.165, 1.54) is 6.07 Å². The van der Waals surface area contributed by atoms with Gasteiger partial charge < -0.3 is 14.9 Å². The first-order valence-corrected chi connectivity index (χ1v) is 12.7. The fourth-order valence-corrected chi connectivity index (χ4v) is 4.96. The Balaban J connectivity index is 1.71. The highest BCUT2D eigenvalue weighted by atomic mass is 32.2. The molecule has 0 saturated heterocycles. The minimum Gasteiger partial charge on any atom is -0.348 e. The van der Waals surface area contributed by atoms with E-state index in [-0.39, 0.29) is 28.6 Å². The number of aryl methyl sites for hydroxylation is 2. The summed E-state index contributed by atoms with van der Waals surface area (Å²) in [5.41, 5.74) is 4.72. The van der Waals surface area contributed by atoms with E-state index in [0.29, 0.717) is 22.9 Å². The zero-order valence-electron chi connectivity index (χ0n) is 20.2. The maximum atomic E-state index is 13.4. The van der Waals surface area contributed by atoms with E-state index in [0.717, 1.165) is 22.4 Å². The molecule has 182 valence electrons. The topological polar surface area (TPSA) is 101 Å². The Labute approximate surface area is 205 Å². The summed E-state index contributed by atoms with van der Waals surface area (Å²) < 4.78 is 25.6. The first kappa shape index (κ1) is 24.5. The third-order valence-electron chi connectivity index (χ3n) is 6.15. The molecule has 0 radical (unpaired) electrons. The van der Waals surface area contributed by atoms with Crippen LogP contribution in [0.25, 0.3) is 10.9 Å². The number of nitrogens with one attached hydrogen (secondary N) is 2. The van der Waals surface area contributed by atoms with Gasteiger partial charge in [-0.2, -0.15) is 0 Å². The van der Waals surface area contributed by atoms with Crippen molar-refractivity contribution in [1.29, 1.82) is 0 Å². The van der Waals surface area contributed by atoms with Crippen LogP contribution in [0, 0.1) is 13.8 Å². The van der Waals surface area contributed by atoms with Crippen molar-refractivity contribution in [2.24, 2.45) is 0 Å². The van der Waals surface area contributed by atoms with Crippen molar-refractivity contribution >= 4 is 27.5 Å². The average molecular weight is 492 g/mol. The van der Waals surface area contributed by atoms with Crippen LogP contribution in [0.4, 0.5) is 0 Å². The lowest BCUT2D eigenvalue weighted by molar-refractivity contribution is 0.0952. The summed E-state index contributed by atoms with van der Waals surface area (Å²) in [6.07, 6.45) is 2.49. The molecule has 0 atom stereocenters. The van der Waals surface area contributed by atoms with Crippen LogP contribution in [-0.2, 0) is 23.7 Å². The molecule has 7 nitrogen and oxygen atoms in total. The standard InChI is InChI=1S/C27H29N3O4S/c1-16(2)30-15-17(3)25-22(12-21(35(33)34)13-24(25)30)26(31)28-14-23-20(10-18(4)29-27(23)32)11-19-8-6-5-7-9-19/h5-10,12-13,15-16,35H,11,14H2,1-4H3,(H,28,31)(H,29,32). The fraction of sp³-hybridized carbons (Fsp3) is 0.259. The van der Waals surface area contributed by atoms with E-state index in [1.54, 1.807) is 6.07 Å². The van der Waals surface area contributed by atoms with E-state index in [1.807, 2.05) is 74.9 Å². The molecular formula is C27H29N3O4S. The summed E-state index contributed by atoms with van der Waals surface area (Å²) in [5.74, 6) is -0.427. The fourth-order valence-electron chi connectivity index (χ4n) is 4.50. The molecule has 0 bridgehead atoms. The van der Waals surface area contributed by atoms with Crippen molar-refractivity contribution in [3.05, 3.63) is 98.6 Å². The van der Waals surface area contributed by atoms with Crippen molar-refractivity contribution in [2.45, 2.75) is 51.6 Å². The number of carbonyl (C=O) groups is 1. The first-order valence-electron chi connectivity index (χ1n) is 11.5. The van der Waals surface area contributed by atoms with Gasteiger partial charge in [0.1, 0.15) is 0 Å². The summed E-state index contributed by atoms with van der Waals surface area (Å²) in [5, 5.41) is 3.57. The zero-order chi connectivity index (χ0) is 25.3. The Bertz CT molecular complexity index is 1540. The lowest BCUT2D eigenvalue weighted by atomic mass is 10.00. The quantitative estimate of drug-likeness (QED) is 0.340. The molecule has 0 aliphatic rings. The molecule has 35 heavy (non-hydrogen) atoms. The van der Waals surface area contributed by atoms with Crippen LogP contribution in [0.15, 0.2) is 64.4 Å². The van der Waals surface area contributed by atoms with E-state index in [2.05, 4.69) is 10.3 Å². The number of carbonyl (C=O) groups excluding carboxylic acids is 1. The maximum absolute atomic E-state index is 13.4. The molecule has 4 rings (SSSR count). The minimum absolute atomic E-state index is 0.0236. The number of thiol groups is 1. The van der Waals surface area contributed by atoms with E-state index >= 15 is 0 Å². The third-order valence-corrected chi connectivity index (χ3v) is 6.83. The second-order valence-electron chi connectivity index (χ2n) is 9.09. The predicted molar refractivity (Wildman–Crippen MR) is 138 cm³/mol. The highest BCUT2D eigenvalue weighted by molar-refractivity contribution is 7.72. The number of rotatable bonds is 7. The summed E-state index contributed by atoms with van der Waals surface area (Å²) in [6.45, 7) is 7.75. The van der Waals surface area contributed by atoms with Gasteiger partial charge in [0.2, 0.25) is 0 Å². The molecule has 0 aliphatic carbocycles. The van der Waals surface area contributed by atoms with Gasteiger partial charge in [0.25, 0.3) is 11.5 Å². The molecule has 0 fully saturated rings. The number of hydrogen-bond donors (Lipinski definition) is 3. The molecule has 2 aromatic heterocycles. The molecule has 0 unspecified atom stereocenters. The van der Waals surface area contributed by atoms with Crippen LogP contribution >= 0.6 is 0 Å². The molecule has 2 heterocycles. The normalized spacial score (nSPS) is 11.5. The van der Waals surface area contributed by atoms with Crippen molar-refractivity contribution in [3.8, 4) is 0 Å². The second kappa shape index (κ2) is 9.92. The van der Waals surface area contributed by atoms with E-state index < -0.39 is 16.6 Å². The molecule has 2 aromatic carbocycles. The maximum Gasteiger partial charge on any atom is 0.253 e. The number of benzene rings is 2. The van der Waals surface area contributed by atoms with Gasteiger partial charge in [-0.3, -0.25) is 9.59 Å². The van der Waals surface area contributed by atoms with Crippen LogP contribution < -0.4 is 10.9 Å². The van der Waals surface area contributed by atoms with Crippen LogP contribution in [-0.4, -0.2) is 23.9 Å². The number of amides is 1. The Morgan fingerprint density at radius 1 is 1.09 bits per heavy atom. The highest BCUT2D eigenvalue weighted by Crippen LogP contribution is 2.29. The zero-order valence-corrected chi connectivity index (χ0v) is 21.1. The summed E-state index contributed by atoms with van der Waals surface area (Å²) in [4.78, 5) is 29.1. The van der Waals surface area contributed by atoms with Crippen molar-refractivity contribution in [1.82, 2.24) is 14.9 Å². The third kappa shape index (κ3) is 5.07. The Morgan fingerprint density at radius 3 is 2.46 bits per heavy atom. The Morgan fingerprint density at radius 2 is 1.80 bits per heavy atom. The van der Waals surface area contributed by atoms with Gasteiger partial charge in [-0.15, -0.1) is 0 Å². The van der Waals surface area contributed by atoms with E-state index in [9.17, 15) is 18.0 Å². The highest BCUT2D eigenvalue weighted by Gasteiger charge is 2.20. The van der Waals surface area contributed by atoms with Crippen LogP contribution in [0.3, 0.4) is 0 Å². The molecule has 4 aromatic rings. The molecule has 1 amide bonds. The minimum atomic E-state index is -2.88. The largest absolute Gasteiger partial charge is 0.348 e. The monoisotopic (exact) mass is 491 g/mol. The summed E-state index contributed by atoms with van der Waals surface area (Å²) in [6, 6.07) is 14.8. The number of H-pyrrole nitrogens is 1. The van der Waals surface area contributed by atoms with Gasteiger partial charge in [-0.05, 0) is 69.0 Å². The van der Waals surface area contributed by atoms with Crippen LogP contribution in [0.2, 0.25) is 0 Å². The Hall–Kier alpha value is -3.65. The van der Waals surface area contributed by atoms with Gasteiger partial charge in [0.15, 0.2) is 10.7 Å².